The van der Waals surface area contributed by atoms with Gasteiger partial charge in [-0.1, -0.05) is 0 Å². The molecule has 0 aliphatic carbocycles. The first kappa shape index (κ1) is 13.0. The molecular weight excluding hydrogens is 246 g/mol. The van der Waals surface area contributed by atoms with Crippen LogP contribution in [0.5, 0.6) is 0 Å². The Bertz CT molecular complexity index is 322. The fourth-order valence-corrected chi connectivity index (χ4v) is 0.582. The lowest BCUT2D eigenvalue weighted by atomic mass is 10.7. The molecule has 0 saturated heterocycles. The molecule has 0 amide bonds. The van der Waals surface area contributed by atoms with Crippen LogP contribution in [-0.4, -0.2) is 26.1 Å². The maximum absolute atomic E-state index is 11.3. The van der Waals surface area contributed by atoms with Crippen LogP contribution in [-0.2, 0) is 19.1 Å². The van der Waals surface area contributed by atoms with Gasteiger partial charge in [-0.05, 0) is 0 Å². The molecule has 4 nitrogen and oxygen atoms in total. The molecule has 0 spiro atoms. The molecule has 0 heterocycles. The Balaban J connectivity index is 4.82. The zero-order valence-corrected chi connectivity index (χ0v) is 6.63. The number of hydrogen-bond donors (Lipinski definition) is 0. The lowest BCUT2D eigenvalue weighted by molar-refractivity contribution is -0.190. The largest absolute Gasteiger partial charge is 0.534 e. The second kappa shape index (κ2) is 3.29. The average Bonchev–Trinajstić information content (AvgIpc) is 1.80. The van der Waals surface area contributed by atoms with Crippen LogP contribution in [0.4, 0.5) is 26.3 Å². The molecule has 14 heavy (non-hydrogen) atoms. The van der Waals surface area contributed by atoms with E-state index in [9.17, 15) is 39.6 Å². The highest BCUT2D eigenvalue weighted by atomic mass is 32.2. The number of halogens is 6. The van der Waals surface area contributed by atoms with Crippen molar-refractivity contribution in [3.63, 3.8) is 0 Å². The van der Waals surface area contributed by atoms with Gasteiger partial charge in [0.1, 0.15) is 0 Å². The van der Waals surface area contributed by atoms with E-state index in [1.54, 1.807) is 0 Å². The highest BCUT2D eigenvalue weighted by Gasteiger charge is 2.54. The first-order chi connectivity index (χ1) is 5.88. The lowest BCUT2D eigenvalue weighted by Gasteiger charge is -2.08. The first-order valence-corrected chi connectivity index (χ1v) is 3.90. The minimum absolute atomic E-state index is 2.25. The molecule has 0 aliphatic heterocycles. The van der Waals surface area contributed by atoms with Crippen molar-refractivity contribution >= 4 is 16.1 Å². The van der Waals surface area contributed by atoms with Gasteiger partial charge in [0.05, 0.1) is 0 Å². The smallest absolute Gasteiger partial charge is 0.331 e. The van der Waals surface area contributed by atoms with Crippen LogP contribution < -0.4 is 0 Å². The third-order valence-electron chi connectivity index (χ3n) is 0.700. The van der Waals surface area contributed by atoms with Crippen molar-refractivity contribution in [3.8, 4) is 0 Å². The van der Waals surface area contributed by atoms with Crippen LogP contribution in [0.2, 0.25) is 0 Å². The summed E-state index contributed by atoms with van der Waals surface area (Å²) < 4.78 is 89.8. The highest BCUT2D eigenvalue weighted by molar-refractivity contribution is 7.88. The third kappa shape index (κ3) is 3.05. The molecule has 0 aromatic carbocycles. The number of alkyl halides is 6. The number of rotatable bonds is 1. The zero-order chi connectivity index (χ0) is 11.8. The Hall–Kier alpha value is -1.00. The van der Waals surface area contributed by atoms with E-state index in [-0.39, 0.29) is 0 Å². The molecule has 0 aromatic heterocycles. The molecule has 84 valence electrons. The van der Waals surface area contributed by atoms with E-state index < -0.39 is 27.8 Å². The summed E-state index contributed by atoms with van der Waals surface area (Å²) in [4.78, 5) is 9.70. The van der Waals surface area contributed by atoms with E-state index >= 15 is 0 Å². The van der Waals surface area contributed by atoms with Gasteiger partial charge in [0.25, 0.3) is 0 Å². The van der Waals surface area contributed by atoms with Gasteiger partial charge in [-0.2, -0.15) is 34.8 Å². The van der Waals surface area contributed by atoms with Gasteiger partial charge >= 0.3 is 27.8 Å². The summed E-state index contributed by atoms with van der Waals surface area (Å²) >= 11 is 0. The standard InChI is InChI=1S/C3F6O4S/c4-2(5,6)1(10)13-14(11,12)3(7,8)9. The molecule has 11 heteroatoms. The molecule has 0 atom stereocenters. The van der Waals surface area contributed by atoms with Crippen molar-refractivity contribution < 1.29 is 43.7 Å². The van der Waals surface area contributed by atoms with E-state index in [1.807, 2.05) is 0 Å². The van der Waals surface area contributed by atoms with E-state index in [1.165, 1.54) is 0 Å². The normalized spacial score (nSPS) is 13.9. The zero-order valence-electron chi connectivity index (χ0n) is 5.81. The average molecular weight is 246 g/mol. The van der Waals surface area contributed by atoms with Gasteiger partial charge in [0.2, 0.25) is 0 Å². The summed E-state index contributed by atoms with van der Waals surface area (Å²) in [5, 5.41) is 0. The van der Waals surface area contributed by atoms with Gasteiger partial charge in [0, 0.05) is 0 Å². The van der Waals surface area contributed by atoms with Crippen molar-refractivity contribution in [2.45, 2.75) is 11.7 Å². The predicted molar refractivity (Wildman–Crippen MR) is 27.1 cm³/mol. The Morgan fingerprint density at radius 3 is 1.57 bits per heavy atom. The SMILES string of the molecule is O=C(OS(=O)(=O)C(F)(F)F)C(F)(F)F. The number of hydrogen-bond acceptors (Lipinski definition) is 4. The van der Waals surface area contributed by atoms with Crippen molar-refractivity contribution in [3.05, 3.63) is 0 Å². The van der Waals surface area contributed by atoms with Gasteiger partial charge in [0.15, 0.2) is 0 Å². The molecule has 0 N–H and O–H groups in total. The first-order valence-electron chi connectivity index (χ1n) is 2.50. The van der Waals surface area contributed by atoms with Gasteiger partial charge in [-0.15, -0.1) is 0 Å². The number of carbonyl (C=O) groups is 1. The van der Waals surface area contributed by atoms with Crippen molar-refractivity contribution in [1.82, 2.24) is 0 Å². The summed E-state index contributed by atoms with van der Waals surface area (Å²) in [6.45, 7) is 0. The molecule has 0 bridgehead atoms. The van der Waals surface area contributed by atoms with Gasteiger partial charge in [-0.25, -0.2) is 4.79 Å². The Morgan fingerprint density at radius 1 is 1.00 bits per heavy atom. The quantitative estimate of drug-likeness (QED) is 0.392. The maximum Gasteiger partial charge on any atom is 0.534 e. The van der Waals surface area contributed by atoms with Crippen molar-refractivity contribution in [2.75, 3.05) is 0 Å². The van der Waals surface area contributed by atoms with Crippen LogP contribution in [0, 0.1) is 0 Å². The third-order valence-corrected chi connectivity index (χ3v) is 1.64. The molecule has 0 radical (unpaired) electrons. The van der Waals surface area contributed by atoms with E-state index in [0.29, 0.717) is 0 Å². The van der Waals surface area contributed by atoms with Crippen LogP contribution in [0.1, 0.15) is 0 Å². The van der Waals surface area contributed by atoms with Crippen LogP contribution >= 0.6 is 0 Å². The lowest BCUT2D eigenvalue weighted by Crippen LogP contribution is -2.34. The fraction of sp³-hybridized carbons (Fsp3) is 0.667. The van der Waals surface area contributed by atoms with Crippen molar-refractivity contribution in [2.24, 2.45) is 0 Å². The topological polar surface area (TPSA) is 60.4 Å². The van der Waals surface area contributed by atoms with Crippen LogP contribution in [0.15, 0.2) is 0 Å². The predicted octanol–water partition coefficient (Wildman–Crippen LogP) is 0.942. The Labute approximate surface area is 72.6 Å². The molecule has 0 aromatic rings. The molecule has 0 unspecified atom stereocenters. The summed E-state index contributed by atoms with van der Waals surface area (Å²) in [5.41, 5.74) is -6.08. The molecule has 0 aliphatic rings. The van der Waals surface area contributed by atoms with Crippen LogP contribution in [0.3, 0.4) is 0 Å². The molecule has 0 fully saturated rings. The molecule has 0 saturated carbocycles. The van der Waals surface area contributed by atoms with Gasteiger partial charge < -0.3 is 4.18 Å². The van der Waals surface area contributed by atoms with Gasteiger partial charge in [-0.3, -0.25) is 0 Å². The Kier molecular flexibility index (Phi) is 3.06. The molecule has 0 rings (SSSR count). The summed E-state index contributed by atoms with van der Waals surface area (Å²) in [6.07, 6.45) is -5.81. The minimum Gasteiger partial charge on any atom is -0.331 e. The second-order valence-corrected chi connectivity index (χ2v) is 3.31. The van der Waals surface area contributed by atoms with E-state index in [0.717, 1.165) is 0 Å². The highest BCUT2D eigenvalue weighted by Crippen LogP contribution is 2.27. The summed E-state index contributed by atoms with van der Waals surface area (Å²) in [6, 6.07) is 0. The number of carbonyl (C=O) groups excluding carboxylic acids is 1. The monoisotopic (exact) mass is 246 g/mol. The maximum atomic E-state index is 11.3. The van der Waals surface area contributed by atoms with E-state index in [2.05, 4.69) is 4.18 Å². The summed E-state index contributed by atoms with van der Waals surface area (Å²) in [5.74, 6) is -3.45. The summed E-state index contributed by atoms with van der Waals surface area (Å²) in [7, 11) is -6.55. The van der Waals surface area contributed by atoms with E-state index in [4.69, 9.17) is 0 Å². The minimum atomic E-state index is -6.55. The molecular formula is C3F6O4S. The second-order valence-electron chi connectivity index (χ2n) is 1.77. The Morgan fingerprint density at radius 2 is 1.36 bits per heavy atom. The fourth-order valence-electron chi connectivity index (χ4n) is 0.194. The van der Waals surface area contributed by atoms with Crippen molar-refractivity contribution in [1.29, 1.82) is 0 Å². The van der Waals surface area contributed by atoms with Crippen LogP contribution in [0.25, 0.3) is 0 Å².